The van der Waals surface area contributed by atoms with Crippen LogP contribution in [0.5, 0.6) is 0 Å². The molecule has 0 unspecified atom stereocenters. The minimum absolute atomic E-state index is 0.0512. The summed E-state index contributed by atoms with van der Waals surface area (Å²) < 4.78 is 0. The van der Waals surface area contributed by atoms with Crippen molar-refractivity contribution in [1.29, 1.82) is 5.26 Å². The second-order valence-electron chi connectivity index (χ2n) is 2.33. The highest BCUT2D eigenvalue weighted by Crippen LogP contribution is 1.86. The highest BCUT2D eigenvalue weighted by molar-refractivity contribution is 5.78. The Labute approximate surface area is 73.2 Å². The zero-order valence-corrected chi connectivity index (χ0v) is 7.63. The van der Waals surface area contributed by atoms with E-state index in [9.17, 15) is 4.79 Å². The topological polar surface area (TPSA) is 56.1 Å². The first-order chi connectivity index (χ1) is 5.76. The van der Waals surface area contributed by atoms with E-state index in [0.717, 1.165) is 13.1 Å². The van der Waals surface area contributed by atoms with E-state index < -0.39 is 0 Å². The van der Waals surface area contributed by atoms with Gasteiger partial charge in [-0.15, -0.1) is 0 Å². The zero-order chi connectivity index (χ0) is 9.40. The maximum Gasteiger partial charge on any atom is 0.236 e. The first-order valence-electron chi connectivity index (χ1n) is 4.11. The quantitative estimate of drug-likeness (QED) is 0.464. The lowest BCUT2D eigenvalue weighted by Crippen LogP contribution is -2.37. The Bertz CT molecular complexity index is 170. The lowest BCUT2D eigenvalue weighted by Gasteiger charge is -2.18. The molecule has 4 nitrogen and oxygen atoms in total. The average molecular weight is 169 g/mol. The number of amides is 1. The largest absolute Gasteiger partial charge is 0.342 e. The fraction of sp³-hybridized carbons (Fsp3) is 0.750. The number of likely N-dealkylation sites (N-methyl/N-ethyl adjacent to an activating group) is 1. The minimum Gasteiger partial charge on any atom is -0.342 e. The van der Waals surface area contributed by atoms with E-state index in [0.29, 0.717) is 0 Å². The number of nitrogens with one attached hydrogen (secondary N) is 1. The Kier molecular flexibility index (Phi) is 6.02. The minimum atomic E-state index is 0.0512. The molecule has 0 spiro atoms. The predicted molar refractivity (Wildman–Crippen MR) is 46.4 cm³/mol. The summed E-state index contributed by atoms with van der Waals surface area (Å²) in [6.45, 7) is 5.81. The Balaban J connectivity index is 3.63. The summed E-state index contributed by atoms with van der Waals surface area (Å²) in [7, 11) is 0. The third-order valence-electron chi connectivity index (χ3n) is 1.60. The number of hydrogen-bond acceptors (Lipinski definition) is 3. The molecule has 0 bridgehead atoms. The lowest BCUT2D eigenvalue weighted by atomic mass is 10.4. The second kappa shape index (κ2) is 6.62. The van der Waals surface area contributed by atoms with E-state index in [4.69, 9.17) is 5.26 Å². The molecule has 0 radical (unpaired) electrons. The Morgan fingerprint density at radius 2 is 2.08 bits per heavy atom. The van der Waals surface area contributed by atoms with Crippen LogP contribution in [0, 0.1) is 11.3 Å². The Hall–Kier alpha value is -1.08. The maximum absolute atomic E-state index is 11.2. The number of hydrogen-bond donors (Lipinski definition) is 1. The van der Waals surface area contributed by atoms with Crippen LogP contribution in [0.25, 0.3) is 0 Å². The van der Waals surface area contributed by atoms with Crippen molar-refractivity contribution in [2.24, 2.45) is 0 Å². The molecule has 1 amide bonds. The molecule has 1 N–H and O–H groups in total. The molecule has 4 heteroatoms. The van der Waals surface area contributed by atoms with Crippen LogP contribution in [-0.2, 0) is 4.79 Å². The normalized spacial score (nSPS) is 9.08. The number of nitrogens with zero attached hydrogens (tertiary/aromatic N) is 2. The SMILES string of the molecule is CCN(CC)C(=O)CNCC#N. The Morgan fingerprint density at radius 1 is 1.50 bits per heavy atom. The van der Waals surface area contributed by atoms with E-state index in [1.54, 1.807) is 4.90 Å². The summed E-state index contributed by atoms with van der Waals surface area (Å²) >= 11 is 0. The predicted octanol–water partition coefficient (Wildman–Crippen LogP) is -0.0320. The average Bonchev–Trinajstić information content (AvgIpc) is 2.07. The van der Waals surface area contributed by atoms with E-state index >= 15 is 0 Å². The number of nitriles is 1. The summed E-state index contributed by atoms with van der Waals surface area (Å²) in [6.07, 6.45) is 0. The third kappa shape index (κ3) is 3.94. The van der Waals surface area contributed by atoms with Gasteiger partial charge < -0.3 is 4.90 Å². The number of rotatable bonds is 5. The van der Waals surface area contributed by atoms with Crippen molar-refractivity contribution in [3.63, 3.8) is 0 Å². The zero-order valence-electron chi connectivity index (χ0n) is 7.63. The van der Waals surface area contributed by atoms with Crippen molar-refractivity contribution in [3.05, 3.63) is 0 Å². The molecule has 0 aromatic carbocycles. The summed E-state index contributed by atoms with van der Waals surface area (Å²) in [6, 6.07) is 1.92. The summed E-state index contributed by atoms with van der Waals surface area (Å²) in [5, 5.41) is 10.9. The molecule has 0 aromatic heterocycles. The van der Waals surface area contributed by atoms with Crippen LogP contribution < -0.4 is 5.32 Å². The summed E-state index contributed by atoms with van der Waals surface area (Å²) in [4.78, 5) is 13.0. The molecule has 0 saturated carbocycles. The van der Waals surface area contributed by atoms with E-state index in [1.165, 1.54) is 0 Å². The first kappa shape index (κ1) is 10.9. The van der Waals surface area contributed by atoms with E-state index in [-0.39, 0.29) is 19.0 Å². The highest BCUT2D eigenvalue weighted by atomic mass is 16.2. The maximum atomic E-state index is 11.2. The van der Waals surface area contributed by atoms with Crippen molar-refractivity contribution in [2.45, 2.75) is 13.8 Å². The molecule has 12 heavy (non-hydrogen) atoms. The number of carbonyl (C=O) groups is 1. The Morgan fingerprint density at radius 3 is 2.50 bits per heavy atom. The van der Waals surface area contributed by atoms with Crippen LogP contribution >= 0.6 is 0 Å². The molecule has 0 saturated heterocycles. The van der Waals surface area contributed by atoms with Gasteiger partial charge in [0, 0.05) is 13.1 Å². The molecule has 0 rings (SSSR count). The van der Waals surface area contributed by atoms with Crippen molar-refractivity contribution >= 4 is 5.91 Å². The van der Waals surface area contributed by atoms with Crippen LogP contribution in [0.15, 0.2) is 0 Å². The van der Waals surface area contributed by atoms with Crippen LogP contribution in [0.4, 0.5) is 0 Å². The summed E-state index contributed by atoms with van der Waals surface area (Å²) in [5.41, 5.74) is 0. The van der Waals surface area contributed by atoms with Crippen LogP contribution in [0.3, 0.4) is 0 Å². The molecule has 0 aromatic rings. The molecule has 68 valence electrons. The van der Waals surface area contributed by atoms with E-state index in [1.807, 2.05) is 19.9 Å². The fourth-order valence-corrected chi connectivity index (χ4v) is 0.913. The first-order valence-corrected chi connectivity index (χ1v) is 4.11. The van der Waals surface area contributed by atoms with Gasteiger partial charge in [-0.2, -0.15) is 5.26 Å². The van der Waals surface area contributed by atoms with Gasteiger partial charge in [0.25, 0.3) is 0 Å². The molecule has 0 heterocycles. The van der Waals surface area contributed by atoms with Gasteiger partial charge in [0.05, 0.1) is 19.2 Å². The van der Waals surface area contributed by atoms with Gasteiger partial charge in [-0.05, 0) is 13.8 Å². The van der Waals surface area contributed by atoms with Gasteiger partial charge in [-0.25, -0.2) is 0 Å². The smallest absolute Gasteiger partial charge is 0.236 e. The molecular weight excluding hydrogens is 154 g/mol. The molecule has 0 aliphatic heterocycles. The van der Waals surface area contributed by atoms with Crippen LogP contribution in [-0.4, -0.2) is 37.0 Å². The molecule has 0 atom stereocenters. The van der Waals surface area contributed by atoms with Gasteiger partial charge in [0.15, 0.2) is 0 Å². The molecule has 0 aliphatic carbocycles. The monoisotopic (exact) mass is 169 g/mol. The number of carbonyl (C=O) groups excluding carboxylic acids is 1. The standard InChI is InChI=1S/C8H15N3O/c1-3-11(4-2)8(12)7-10-6-5-9/h10H,3-4,6-7H2,1-2H3. The molecule has 0 fully saturated rings. The van der Waals surface area contributed by atoms with Gasteiger partial charge in [-0.1, -0.05) is 0 Å². The van der Waals surface area contributed by atoms with Crippen LogP contribution in [0.1, 0.15) is 13.8 Å². The van der Waals surface area contributed by atoms with Crippen molar-refractivity contribution in [1.82, 2.24) is 10.2 Å². The van der Waals surface area contributed by atoms with Crippen molar-refractivity contribution < 1.29 is 4.79 Å². The lowest BCUT2D eigenvalue weighted by molar-refractivity contribution is -0.129. The molecular formula is C8H15N3O. The van der Waals surface area contributed by atoms with Crippen molar-refractivity contribution in [2.75, 3.05) is 26.2 Å². The fourth-order valence-electron chi connectivity index (χ4n) is 0.913. The third-order valence-corrected chi connectivity index (χ3v) is 1.60. The highest BCUT2D eigenvalue weighted by Gasteiger charge is 2.07. The van der Waals surface area contributed by atoms with Gasteiger partial charge in [-0.3, -0.25) is 10.1 Å². The van der Waals surface area contributed by atoms with Gasteiger partial charge in [0.1, 0.15) is 0 Å². The van der Waals surface area contributed by atoms with Crippen LogP contribution in [0.2, 0.25) is 0 Å². The van der Waals surface area contributed by atoms with Gasteiger partial charge in [0.2, 0.25) is 5.91 Å². The summed E-state index contributed by atoms with van der Waals surface area (Å²) in [5.74, 6) is 0.0512. The molecule has 0 aliphatic rings. The van der Waals surface area contributed by atoms with Gasteiger partial charge >= 0.3 is 0 Å². The second-order valence-corrected chi connectivity index (χ2v) is 2.33. The van der Waals surface area contributed by atoms with E-state index in [2.05, 4.69) is 5.32 Å². The van der Waals surface area contributed by atoms with Crippen molar-refractivity contribution in [3.8, 4) is 6.07 Å².